The van der Waals surface area contributed by atoms with Crippen LogP contribution in [0.25, 0.3) is 0 Å². The molecule has 8 heteroatoms. The zero-order chi connectivity index (χ0) is 18.8. The molecule has 0 amide bonds. The van der Waals surface area contributed by atoms with Gasteiger partial charge < -0.3 is 9.64 Å². The standard InChI is InChI=1S/C19H22ClFN4O2/c20-15-3-1-2-13(17(15)21)12-24-6-4-14-16(5-7-24)22-19(23-18(14)26)25-8-10-27-11-9-25/h1-3H,4-12H2,(H,22,23,26). The lowest BCUT2D eigenvalue weighted by Crippen LogP contribution is -2.38. The van der Waals surface area contributed by atoms with Crippen LogP contribution in [0.4, 0.5) is 10.3 Å². The van der Waals surface area contributed by atoms with E-state index in [4.69, 9.17) is 21.3 Å². The van der Waals surface area contributed by atoms with Gasteiger partial charge >= 0.3 is 0 Å². The van der Waals surface area contributed by atoms with Crippen LogP contribution in [0.15, 0.2) is 23.0 Å². The summed E-state index contributed by atoms with van der Waals surface area (Å²) >= 11 is 5.89. The molecule has 144 valence electrons. The van der Waals surface area contributed by atoms with E-state index in [0.29, 0.717) is 50.7 Å². The molecule has 1 saturated heterocycles. The van der Waals surface area contributed by atoms with Crippen LogP contribution in [0.2, 0.25) is 5.02 Å². The van der Waals surface area contributed by atoms with Crippen molar-refractivity contribution in [3.05, 3.63) is 56.2 Å². The van der Waals surface area contributed by atoms with E-state index in [1.165, 1.54) is 0 Å². The SMILES string of the molecule is O=c1[nH]c(N2CCOCC2)nc2c1CCN(Cc1cccc(Cl)c1F)CC2. The molecule has 3 heterocycles. The Morgan fingerprint density at radius 3 is 2.78 bits per heavy atom. The van der Waals surface area contributed by atoms with E-state index in [9.17, 15) is 9.18 Å². The molecule has 0 unspecified atom stereocenters. The van der Waals surface area contributed by atoms with Crippen molar-refractivity contribution in [3.63, 3.8) is 0 Å². The lowest BCUT2D eigenvalue weighted by atomic mass is 10.1. The Morgan fingerprint density at radius 2 is 1.96 bits per heavy atom. The zero-order valence-electron chi connectivity index (χ0n) is 15.0. The molecular weight excluding hydrogens is 371 g/mol. The van der Waals surface area contributed by atoms with Gasteiger partial charge in [-0.05, 0) is 12.5 Å². The second-order valence-electron chi connectivity index (χ2n) is 6.90. The first-order valence-electron chi connectivity index (χ1n) is 9.22. The van der Waals surface area contributed by atoms with Gasteiger partial charge in [0.05, 0.1) is 23.9 Å². The molecular formula is C19H22ClFN4O2. The number of halogens is 2. The molecule has 1 fully saturated rings. The summed E-state index contributed by atoms with van der Waals surface area (Å²) in [6.45, 7) is 4.59. The molecule has 27 heavy (non-hydrogen) atoms. The monoisotopic (exact) mass is 392 g/mol. The fourth-order valence-corrected chi connectivity index (χ4v) is 3.83. The fourth-order valence-electron chi connectivity index (χ4n) is 3.64. The molecule has 0 aliphatic carbocycles. The van der Waals surface area contributed by atoms with Crippen LogP contribution in [0, 0.1) is 5.82 Å². The van der Waals surface area contributed by atoms with Crippen molar-refractivity contribution >= 4 is 17.5 Å². The number of hydrogen-bond acceptors (Lipinski definition) is 5. The summed E-state index contributed by atoms with van der Waals surface area (Å²) < 4.78 is 19.6. The van der Waals surface area contributed by atoms with Gasteiger partial charge in [0.15, 0.2) is 0 Å². The number of nitrogens with zero attached hydrogens (tertiary/aromatic N) is 3. The molecule has 2 aromatic rings. The highest BCUT2D eigenvalue weighted by atomic mass is 35.5. The molecule has 1 aromatic heterocycles. The highest BCUT2D eigenvalue weighted by Gasteiger charge is 2.22. The lowest BCUT2D eigenvalue weighted by Gasteiger charge is -2.27. The first-order valence-corrected chi connectivity index (χ1v) is 9.59. The Hall–Kier alpha value is -1.96. The van der Waals surface area contributed by atoms with Crippen molar-refractivity contribution in [2.24, 2.45) is 0 Å². The van der Waals surface area contributed by atoms with Crippen molar-refractivity contribution < 1.29 is 9.13 Å². The third-order valence-electron chi connectivity index (χ3n) is 5.17. The van der Waals surface area contributed by atoms with E-state index >= 15 is 0 Å². The minimum absolute atomic E-state index is 0.0720. The summed E-state index contributed by atoms with van der Waals surface area (Å²) in [5, 5.41) is 0.138. The van der Waals surface area contributed by atoms with Gasteiger partial charge in [-0.15, -0.1) is 0 Å². The first kappa shape index (κ1) is 18.4. The van der Waals surface area contributed by atoms with Crippen LogP contribution in [-0.4, -0.2) is 54.3 Å². The molecule has 0 saturated carbocycles. The largest absolute Gasteiger partial charge is 0.378 e. The summed E-state index contributed by atoms with van der Waals surface area (Å²) in [5.41, 5.74) is 2.08. The van der Waals surface area contributed by atoms with Crippen LogP contribution in [0.1, 0.15) is 16.8 Å². The summed E-state index contributed by atoms with van der Waals surface area (Å²) in [6.07, 6.45) is 1.27. The van der Waals surface area contributed by atoms with E-state index in [2.05, 4.69) is 14.8 Å². The van der Waals surface area contributed by atoms with E-state index < -0.39 is 0 Å². The van der Waals surface area contributed by atoms with Crippen molar-refractivity contribution in [2.45, 2.75) is 19.4 Å². The molecule has 0 atom stereocenters. The van der Waals surface area contributed by atoms with Crippen LogP contribution in [0.3, 0.4) is 0 Å². The van der Waals surface area contributed by atoms with Crippen LogP contribution in [0.5, 0.6) is 0 Å². The average molecular weight is 393 g/mol. The quantitative estimate of drug-likeness (QED) is 0.865. The number of fused-ring (bicyclic) bond motifs is 1. The van der Waals surface area contributed by atoms with Gasteiger partial charge in [-0.1, -0.05) is 23.7 Å². The number of aromatic amines is 1. The highest BCUT2D eigenvalue weighted by molar-refractivity contribution is 6.30. The normalized spacial score (nSPS) is 18.2. The number of anilines is 1. The average Bonchev–Trinajstić information content (AvgIpc) is 2.89. The van der Waals surface area contributed by atoms with Crippen molar-refractivity contribution in [1.82, 2.24) is 14.9 Å². The summed E-state index contributed by atoms with van der Waals surface area (Å²) in [4.78, 5) is 24.4. The number of rotatable bonds is 3. The van der Waals surface area contributed by atoms with Gasteiger partial charge in [-0.25, -0.2) is 9.37 Å². The van der Waals surface area contributed by atoms with E-state index in [1.54, 1.807) is 18.2 Å². The summed E-state index contributed by atoms with van der Waals surface area (Å²) in [7, 11) is 0. The maximum absolute atomic E-state index is 14.2. The Bertz CT molecular complexity index is 882. The van der Waals surface area contributed by atoms with Gasteiger partial charge in [0.1, 0.15) is 5.82 Å². The van der Waals surface area contributed by atoms with Crippen LogP contribution in [-0.2, 0) is 24.1 Å². The second-order valence-corrected chi connectivity index (χ2v) is 7.31. The molecule has 0 spiro atoms. The van der Waals surface area contributed by atoms with Crippen molar-refractivity contribution in [2.75, 3.05) is 44.3 Å². The second kappa shape index (κ2) is 7.96. The lowest BCUT2D eigenvalue weighted by molar-refractivity contribution is 0.122. The minimum atomic E-state index is -0.369. The number of aromatic nitrogens is 2. The molecule has 6 nitrogen and oxygen atoms in total. The van der Waals surface area contributed by atoms with Crippen molar-refractivity contribution in [3.8, 4) is 0 Å². The van der Waals surface area contributed by atoms with Crippen LogP contribution >= 0.6 is 11.6 Å². The number of ether oxygens (including phenoxy) is 1. The Labute approximate surface area is 161 Å². The van der Waals surface area contributed by atoms with Gasteiger partial charge in [0, 0.05) is 50.3 Å². The van der Waals surface area contributed by atoms with E-state index in [1.807, 2.05) is 0 Å². The van der Waals surface area contributed by atoms with Gasteiger partial charge in [-0.2, -0.15) is 0 Å². The number of hydrogen-bond donors (Lipinski definition) is 1. The maximum atomic E-state index is 14.2. The summed E-state index contributed by atoms with van der Waals surface area (Å²) in [6, 6.07) is 5.06. The number of nitrogens with one attached hydrogen (secondary N) is 1. The van der Waals surface area contributed by atoms with E-state index in [0.717, 1.165) is 30.9 Å². The Morgan fingerprint density at radius 1 is 1.19 bits per heavy atom. The molecule has 4 rings (SSSR count). The molecule has 1 aromatic carbocycles. The zero-order valence-corrected chi connectivity index (χ0v) is 15.8. The van der Waals surface area contributed by atoms with Crippen LogP contribution < -0.4 is 10.5 Å². The van der Waals surface area contributed by atoms with Gasteiger partial charge in [0.2, 0.25) is 5.95 Å². The molecule has 0 bridgehead atoms. The third kappa shape index (κ3) is 4.00. The fraction of sp³-hybridized carbons (Fsp3) is 0.474. The predicted octanol–water partition coefficient (Wildman–Crippen LogP) is 2.00. The van der Waals surface area contributed by atoms with E-state index in [-0.39, 0.29) is 16.4 Å². The number of benzene rings is 1. The number of H-pyrrole nitrogens is 1. The highest BCUT2D eigenvalue weighted by Crippen LogP contribution is 2.21. The predicted molar refractivity (Wildman–Crippen MR) is 102 cm³/mol. The van der Waals surface area contributed by atoms with Gasteiger partial charge in [-0.3, -0.25) is 14.7 Å². The molecule has 2 aliphatic heterocycles. The Balaban J connectivity index is 1.51. The maximum Gasteiger partial charge on any atom is 0.255 e. The Kier molecular flexibility index (Phi) is 5.43. The van der Waals surface area contributed by atoms with Crippen molar-refractivity contribution in [1.29, 1.82) is 0 Å². The number of morpholine rings is 1. The summed E-state index contributed by atoms with van der Waals surface area (Å²) in [5.74, 6) is 0.253. The third-order valence-corrected chi connectivity index (χ3v) is 5.46. The molecule has 0 radical (unpaired) electrons. The molecule has 2 aliphatic rings. The smallest absolute Gasteiger partial charge is 0.255 e. The first-order chi connectivity index (χ1) is 13.1. The minimum Gasteiger partial charge on any atom is -0.378 e. The molecule has 1 N–H and O–H groups in total. The van der Waals surface area contributed by atoms with Gasteiger partial charge in [0.25, 0.3) is 5.56 Å². The topological polar surface area (TPSA) is 61.5 Å².